The molecule has 0 aromatic heterocycles. The van der Waals surface area contributed by atoms with E-state index in [-0.39, 0.29) is 5.91 Å². The largest absolute Gasteiger partial charge is 0.374 e. The number of carbonyl (C=O) groups excluding carboxylic acids is 1. The van der Waals surface area contributed by atoms with Gasteiger partial charge in [-0.2, -0.15) is 5.26 Å². The van der Waals surface area contributed by atoms with Crippen LogP contribution in [0, 0.1) is 11.3 Å². The van der Waals surface area contributed by atoms with Gasteiger partial charge in [-0.3, -0.25) is 4.79 Å². The maximum absolute atomic E-state index is 11.5. The summed E-state index contributed by atoms with van der Waals surface area (Å²) >= 11 is 0. The van der Waals surface area contributed by atoms with E-state index in [1.807, 2.05) is 24.1 Å². The summed E-state index contributed by atoms with van der Waals surface area (Å²) in [6.07, 6.45) is 2.75. The molecule has 0 saturated heterocycles. The van der Waals surface area contributed by atoms with Gasteiger partial charge >= 0.3 is 0 Å². The van der Waals surface area contributed by atoms with Gasteiger partial charge in [-0.1, -0.05) is 0 Å². The number of benzene rings is 1. The van der Waals surface area contributed by atoms with Crippen molar-refractivity contribution in [2.75, 3.05) is 18.5 Å². The number of rotatable bonds is 5. The van der Waals surface area contributed by atoms with E-state index in [1.54, 1.807) is 12.1 Å². The predicted molar refractivity (Wildman–Crippen MR) is 70.2 cm³/mol. The minimum Gasteiger partial charge on any atom is -0.374 e. The van der Waals surface area contributed by atoms with Gasteiger partial charge in [0.15, 0.2) is 0 Å². The zero-order chi connectivity index (χ0) is 13.0. The number of anilines is 1. The van der Waals surface area contributed by atoms with E-state index in [1.165, 1.54) is 0 Å². The Morgan fingerprint density at radius 1 is 1.44 bits per heavy atom. The van der Waals surface area contributed by atoms with Crippen molar-refractivity contribution in [3.8, 4) is 6.07 Å². The summed E-state index contributed by atoms with van der Waals surface area (Å²) in [7, 11) is 1.95. The molecule has 0 spiro atoms. The number of nitrogens with zero attached hydrogens (tertiary/aromatic N) is 2. The Morgan fingerprint density at radius 3 is 2.67 bits per heavy atom. The maximum Gasteiger partial charge on any atom is 0.221 e. The van der Waals surface area contributed by atoms with Crippen molar-refractivity contribution >= 4 is 11.6 Å². The molecule has 1 aliphatic carbocycles. The van der Waals surface area contributed by atoms with Crippen LogP contribution in [0.1, 0.15) is 24.8 Å². The van der Waals surface area contributed by atoms with Gasteiger partial charge in [-0.15, -0.1) is 0 Å². The van der Waals surface area contributed by atoms with Gasteiger partial charge in [0, 0.05) is 31.7 Å². The van der Waals surface area contributed by atoms with Crippen molar-refractivity contribution in [1.82, 2.24) is 5.32 Å². The van der Waals surface area contributed by atoms with Crippen molar-refractivity contribution in [3.05, 3.63) is 29.8 Å². The molecule has 4 nitrogen and oxygen atoms in total. The molecule has 0 aliphatic heterocycles. The Bertz CT molecular complexity index is 457. The van der Waals surface area contributed by atoms with Gasteiger partial charge in [0.05, 0.1) is 11.6 Å². The minimum absolute atomic E-state index is 0.123. The number of carbonyl (C=O) groups is 1. The van der Waals surface area contributed by atoms with Crippen molar-refractivity contribution in [2.24, 2.45) is 0 Å². The van der Waals surface area contributed by atoms with E-state index in [0.717, 1.165) is 18.5 Å². The van der Waals surface area contributed by atoms with E-state index >= 15 is 0 Å². The highest BCUT2D eigenvalue weighted by atomic mass is 16.1. The molecule has 4 heteroatoms. The molecule has 0 heterocycles. The van der Waals surface area contributed by atoms with Crippen molar-refractivity contribution in [1.29, 1.82) is 5.26 Å². The summed E-state index contributed by atoms with van der Waals surface area (Å²) in [6, 6.07) is 9.89. The van der Waals surface area contributed by atoms with E-state index < -0.39 is 0 Å². The third-order valence-corrected chi connectivity index (χ3v) is 3.05. The number of hydrogen-bond donors (Lipinski definition) is 1. The first-order valence-corrected chi connectivity index (χ1v) is 6.19. The second kappa shape index (κ2) is 5.54. The molecule has 0 bridgehead atoms. The molecule has 0 radical (unpaired) electrons. The predicted octanol–water partition coefficient (Wildman–Crippen LogP) is 1.66. The van der Waals surface area contributed by atoms with Gasteiger partial charge < -0.3 is 10.2 Å². The first-order valence-electron chi connectivity index (χ1n) is 6.19. The first kappa shape index (κ1) is 12.4. The highest BCUT2D eigenvalue weighted by Crippen LogP contribution is 2.19. The zero-order valence-electron chi connectivity index (χ0n) is 10.5. The third kappa shape index (κ3) is 3.49. The standard InChI is InChI=1S/C14H17N3O/c1-17(9-8-14(18)16-12-4-5-12)13-6-2-11(10-15)3-7-13/h2-3,6-7,12H,4-5,8-9H2,1H3,(H,16,18). The second-order valence-corrected chi connectivity index (χ2v) is 4.67. The lowest BCUT2D eigenvalue weighted by molar-refractivity contribution is -0.121. The van der Waals surface area contributed by atoms with Crippen molar-refractivity contribution < 1.29 is 4.79 Å². The Hall–Kier alpha value is -2.02. The molecule has 18 heavy (non-hydrogen) atoms. The Kier molecular flexibility index (Phi) is 3.83. The molecule has 1 fully saturated rings. The number of nitrogens with one attached hydrogen (secondary N) is 1. The number of hydrogen-bond acceptors (Lipinski definition) is 3. The molecule has 0 atom stereocenters. The van der Waals surface area contributed by atoms with Crippen LogP contribution >= 0.6 is 0 Å². The van der Waals surface area contributed by atoms with Crippen LogP contribution in [0.25, 0.3) is 0 Å². The Balaban J connectivity index is 1.80. The van der Waals surface area contributed by atoms with Gasteiger partial charge in [0.25, 0.3) is 0 Å². The fourth-order valence-electron chi connectivity index (χ4n) is 1.72. The summed E-state index contributed by atoms with van der Waals surface area (Å²) in [5, 5.41) is 11.7. The lowest BCUT2D eigenvalue weighted by atomic mass is 10.2. The third-order valence-electron chi connectivity index (χ3n) is 3.05. The number of nitriles is 1. The van der Waals surface area contributed by atoms with Crippen molar-refractivity contribution in [2.45, 2.75) is 25.3 Å². The van der Waals surface area contributed by atoms with Crippen LogP contribution in [0.15, 0.2) is 24.3 Å². The molecule has 2 rings (SSSR count). The minimum atomic E-state index is 0.123. The van der Waals surface area contributed by atoms with E-state index in [2.05, 4.69) is 11.4 Å². The molecular formula is C14H17N3O. The van der Waals surface area contributed by atoms with E-state index in [0.29, 0.717) is 24.6 Å². The summed E-state index contributed by atoms with van der Waals surface area (Å²) in [5.41, 5.74) is 1.67. The first-order chi connectivity index (χ1) is 8.69. The fraction of sp³-hybridized carbons (Fsp3) is 0.429. The molecule has 1 aromatic carbocycles. The molecule has 1 aliphatic rings. The van der Waals surface area contributed by atoms with E-state index in [9.17, 15) is 4.79 Å². The normalized spacial score (nSPS) is 13.8. The average molecular weight is 243 g/mol. The molecule has 1 N–H and O–H groups in total. The summed E-state index contributed by atoms with van der Waals surface area (Å²) in [5.74, 6) is 0.123. The molecule has 1 aromatic rings. The smallest absolute Gasteiger partial charge is 0.221 e. The van der Waals surface area contributed by atoms with Crippen LogP contribution in [0.2, 0.25) is 0 Å². The highest BCUT2D eigenvalue weighted by Gasteiger charge is 2.22. The van der Waals surface area contributed by atoms with Crippen LogP contribution in [-0.2, 0) is 4.79 Å². The molecule has 1 saturated carbocycles. The van der Waals surface area contributed by atoms with Crippen LogP contribution in [0.5, 0.6) is 0 Å². The van der Waals surface area contributed by atoms with Crippen LogP contribution < -0.4 is 10.2 Å². The zero-order valence-corrected chi connectivity index (χ0v) is 10.5. The lowest BCUT2D eigenvalue weighted by Crippen LogP contribution is -2.30. The fourth-order valence-corrected chi connectivity index (χ4v) is 1.72. The van der Waals surface area contributed by atoms with Crippen LogP contribution in [0.3, 0.4) is 0 Å². The molecular weight excluding hydrogens is 226 g/mol. The summed E-state index contributed by atoms with van der Waals surface area (Å²) in [4.78, 5) is 13.6. The lowest BCUT2D eigenvalue weighted by Gasteiger charge is -2.18. The molecule has 1 amide bonds. The highest BCUT2D eigenvalue weighted by molar-refractivity contribution is 5.77. The van der Waals surface area contributed by atoms with E-state index in [4.69, 9.17) is 5.26 Å². The van der Waals surface area contributed by atoms with Crippen LogP contribution in [-0.4, -0.2) is 25.5 Å². The monoisotopic (exact) mass is 243 g/mol. The summed E-state index contributed by atoms with van der Waals surface area (Å²) < 4.78 is 0. The van der Waals surface area contributed by atoms with Gasteiger partial charge in [-0.05, 0) is 37.1 Å². The van der Waals surface area contributed by atoms with Gasteiger partial charge in [0.1, 0.15) is 0 Å². The quantitative estimate of drug-likeness (QED) is 0.855. The number of amides is 1. The second-order valence-electron chi connectivity index (χ2n) is 4.67. The Labute approximate surface area is 107 Å². The van der Waals surface area contributed by atoms with Gasteiger partial charge in [0.2, 0.25) is 5.91 Å². The maximum atomic E-state index is 11.5. The van der Waals surface area contributed by atoms with Crippen molar-refractivity contribution in [3.63, 3.8) is 0 Å². The Morgan fingerprint density at radius 2 is 2.11 bits per heavy atom. The topological polar surface area (TPSA) is 56.1 Å². The molecule has 94 valence electrons. The summed E-state index contributed by atoms with van der Waals surface area (Å²) in [6.45, 7) is 0.685. The average Bonchev–Trinajstić information content (AvgIpc) is 3.20. The van der Waals surface area contributed by atoms with Crippen LogP contribution in [0.4, 0.5) is 5.69 Å². The molecule has 0 unspecified atom stereocenters. The SMILES string of the molecule is CN(CCC(=O)NC1CC1)c1ccc(C#N)cc1. The van der Waals surface area contributed by atoms with Gasteiger partial charge in [-0.25, -0.2) is 0 Å².